The van der Waals surface area contributed by atoms with Gasteiger partial charge in [0.1, 0.15) is 5.82 Å². The highest BCUT2D eigenvalue weighted by molar-refractivity contribution is 5.88. The molecule has 1 saturated heterocycles. The maximum Gasteiger partial charge on any atom is 0.323 e. The second-order valence-electron chi connectivity index (χ2n) is 5.88. The fourth-order valence-electron chi connectivity index (χ4n) is 3.11. The number of piperazine rings is 1. The monoisotopic (exact) mass is 313 g/mol. The van der Waals surface area contributed by atoms with E-state index in [1.54, 1.807) is 0 Å². The molecule has 0 aliphatic carbocycles. The highest BCUT2D eigenvalue weighted by Crippen LogP contribution is 2.24. The molecule has 0 atom stereocenters. The lowest BCUT2D eigenvalue weighted by molar-refractivity contribution is 0.244. The van der Waals surface area contributed by atoms with Gasteiger partial charge in [0.15, 0.2) is 5.82 Å². The van der Waals surface area contributed by atoms with Crippen LogP contribution in [0.4, 0.5) is 5.69 Å². The first-order valence-electron chi connectivity index (χ1n) is 7.75. The number of aromatic nitrogens is 5. The summed E-state index contributed by atoms with van der Waals surface area (Å²) >= 11 is 0. The van der Waals surface area contributed by atoms with Crippen molar-refractivity contribution in [3.63, 3.8) is 0 Å². The lowest BCUT2D eigenvalue weighted by atomic mass is 10.2. The number of H-pyrrole nitrogens is 3. The molecule has 1 aliphatic rings. The summed E-state index contributed by atoms with van der Waals surface area (Å²) in [5, 5.41) is 7.08. The summed E-state index contributed by atoms with van der Waals surface area (Å²) in [5.74, 6) is 1.69. The van der Waals surface area contributed by atoms with Gasteiger partial charge in [0.05, 0.1) is 23.3 Å². The number of nitrogens with zero attached hydrogens (tertiary/aromatic N) is 4. The Morgan fingerprint density at radius 1 is 1.17 bits per heavy atom. The number of anilines is 1. The van der Waals surface area contributed by atoms with Crippen molar-refractivity contribution in [1.29, 1.82) is 0 Å². The first kappa shape index (κ1) is 14.0. The zero-order valence-corrected chi connectivity index (χ0v) is 13.0. The second kappa shape index (κ2) is 5.54. The molecule has 0 radical (unpaired) electrons. The summed E-state index contributed by atoms with van der Waals surface area (Å²) in [5.41, 5.74) is 2.65. The Morgan fingerprint density at radius 3 is 2.74 bits per heavy atom. The molecule has 8 nitrogen and oxygen atoms in total. The van der Waals surface area contributed by atoms with E-state index < -0.39 is 0 Å². The molecule has 1 fully saturated rings. The van der Waals surface area contributed by atoms with E-state index >= 15 is 0 Å². The number of benzene rings is 1. The molecule has 3 N–H and O–H groups in total. The van der Waals surface area contributed by atoms with Gasteiger partial charge < -0.3 is 14.9 Å². The third-order valence-electron chi connectivity index (χ3n) is 4.25. The normalized spacial score (nSPS) is 16.3. The number of para-hydroxylation sites is 1. The number of hydrogen-bond donors (Lipinski definition) is 3. The Kier molecular flexibility index (Phi) is 3.38. The van der Waals surface area contributed by atoms with Gasteiger partial charge in [-0.15, -0.1) is 0 Å². The summed E-state index contributed by atoms with van der Waals surface area (Å²) < 4.78 is 0. The van der Waals surface area contributed by atoms with E-state index in [9.17, 15) is 4.79 Å². The minimum absolute atomic E-state index is 0.161. The molecule has 3 heterocycles. The van der Waals surface area contributed by atoms with E-state index in [1.807, 2.05) is 19.1 Å². The lowest BCUT2D eigenvalue weighted by Crippen LogP contribution is -2.46. The van der Waals surface area contributed by atoms with E-state index in [-0.39, 0.29) is 5.69 Å². The van der Waals surface area contributed by atoms with Crippen LogP contribution < -0.4 is 10.6 Å². The SMILES string of the molecule is Cc1nc(CN2CCN(c3cccc4[nH]c(=O)[nH]c34)CC2)n[nH]1. The third kappa shape index (κ3) is 2.72. The van der Waals surface area contributed by atoms with Crippen LogP contribution in [0.3, 0.4) is 0 Å². The minimum atomic E-state index is -0.161. The zero-order valence-electron chi connectivity index (χ0n) is 13.0. The zero-order chi connectivity index (χ0) is 15.8. The van der Waals surface area contributed by atoms with Gasteiger partial charge in [0, 0.05) is 26.2 Å². The summed E-state index contributed by atoms with van der Waals surface area (Å²) in [7, 11) is 0. The van der Waals surface area contributed by atoms with Crippen LogP contribution in [0.25, 0.3) is 11.0 Å². The van der Waals surface area contributed by atoms with Crippen molar-refractivity contribution in [2.24, 2.45) is 0 Å². The molecule has 2 aromatic heterocycles. The van der Waals surface area contributed by atoms with Gasteiger partial charge >= 0.3 is 5.69 Å². The molecule has 23 heavy (non-hydrogen) atoms. The van der Waals surface area contributed by atoms with E-state index in [0.29, 0.717) is 0 Å². The van der Waals surface area contributed by atoms with Gasteiger partial charge in [-0.25, -0.2) is 9.78 Å². The third-order valence-corrected chi connectivity index (χ3v) is 4.25. The number of aromatic amines is 3. The summed E-state index contributed by atoms with van der Waals surface area (Å²) in [6.07, 6.45) is 0. The van der Waals surface area contributed by atoms with Crippen LogP contribution in [-0.2, 0) is 6.54 Å². The van der Waals surface area contributed by atoms with Crippen LogP contribution in [0.15, 0.2) is 23.0 Å². The summed E-state index contributed by atoms with van der Waals surface area (Å²) in [6.45, 7) is 6.39. The van der Waals surface area contributed by atoms with Crippen molar-refractivity contribution in [1.82, 2.24) is 30.0 Å². The number of fused-ring (bicyclic) bond motifs is 1. The van der Waals surface area contributed by atoms with E-state index in [1.165, 1.54) is 0 Å². The standard InChI is InChI=1S/C15H19N7O/c1-10-16-13(20-19-10)9-21-5-7-22(8-6-21)12-4-2-3-11-14(12)18-15(23)17-11/h2-4H,5-9H2,1H3,(H,16,19,20)(H2,17,18,23). The van der Waals surface area contributed by atoms with Crippen LogP contribution in [-0.4, -0.2) is 56.2 Å². The van der Waals surface area contributed by atoms with Crippen molar-refractivity contribution < 1.29 is 0 Å². The van der Waals surface area contributed by atoms with Gasteiger partial charge in [-0.05, 0) is 19.1 Å². The number of nitrogens with one attached hydrogen (secondary N) is 3. The highest BCUT2D eigenvalue weighted by Gasteiger charge is 2.20. The maximum absolute atomic E-state index is 11.5. The Bertz CT molecular complexity index is 869. The lowest BCUT2D eigenvalue weighted by Gasteiger charge is -2.35. The van der Waals surface area contributed by atoms with Gasteiger partial charge in [0.2, 0.25) is 0 Å². The molecule has 1 aliphatic heterocycles. The number of rotatable bonds is 3. The number of imidazole rings is 1. The molecule has 0 bridgehead atoms. The molecule has 3 aromatic rings. The molecule has 4 rings (SSSR count). The van der Waals surface area contributed by atoms with Gasteiger partial charge in [0.25, 0.3) is 0 Å². The van der Waals surface area contributed by atoms with Crippen LogP contribution in [0.5, 0.6) is 0 Å². The van der Waals surface area contributed by atoms with Crippen molar-refractivity contribution in [3.05, 3.63) is 40.3 Å². The maximum atomic E-state index is 11.5. The van der Waals surface area contributed by atoms with E-state index in [2.05, 4.69) is 41.0 Å². The molecule has 1 aromatic carbocycles. The van der Waals surface area contributed by atoms with Crippen LogP contribution >= 0.6 is 0 Å². The van der Waals surface area contributed by atoms with Crippen LogP contribution in [0.2, 0.25) is 0 Å². The topological polar surface area (TPSA) is 96.7 Å². The van der Waals surface area contributed by atoms with Crippen molar-refractivity contribution in [2.45, 2.75) is 13.5 Å². The molecule has 8 heteroatoms. The highest BCUT2D eigenvalue weighted by atomic mass is 16.1. The molecular formula is C15H19N7O. The van der Waals surface area contributed by atoms with Crippen LogP contribution in [0, 0.1) is 6.92 Å². The number of hydrogen-bond acceptors (Lipinski definition) is 5. The summed E-state index contributed by atoms with van der Waals surface area (Å²) in [4.78, 5) is 26.2. The fraction of sp³-hybridized carbons (Fsp3) is 0.400. The largest absolute Gasteiger partial charge is 0.367 e. The first-order valence-corrected chi connectivity index (χ1v) is 7.75. The molecule has 0 spiro atoms. The molecule has 120 valence electrons. The smallest absolute Gasteiger partial charge is 0.323 e. The summed E-state index contributed by atoms with van der Waals surface area (Å²) in [6, 6.07) is 5.95. The van der Waals surface area contributed by atoms with Crippen LogP contribution in [0.1, 0.15) is 11.6 Å². The predicted octanol–water partition coefficient (Wildman–Crippen LogP) is 0.605. The van der Waals surface area contributed by atoms with Gasteiger partial charge in [-0.3, -0.25) is 10.00 Å². The molecule has 0 amide bonds. The quantitative estimate of drug-likeness (QED) is 0.658. The fourth-order valence-corrected chi connectivity index (χ4v) is 3.11. The molecule has 0 unspecified atom stereocenters. The predicted molar refractivity (Wildman–Crippen MR) is 87.5 cm³/mol. The van der Waals surface area contributed by atoms with E-state index in [4.69, 9.17) is 0 Å². The molecule has 0 saturated carbocycles. The van der Waals surface area contributed by atoms with E-state index in [0.717, 1.165) is 61.1 Å². The molecular weight excluding hydrogens is 294 g/mol. The van der Waals surface area contributed by atoms with Crippen molar-refractivity contribution in [2.75, 3.05) is 31.1 Å². The average Bonchev–Trinajstić information content (AvgIpc) is 3.12. The van der Waals surface area contributed by atoms with Gasteiger partial charge in [-0.1, -0.05) is 6.07 Å². The van der Waals surface area contributed by atoms with Crippen molar-refractivity contribution >= 4 is 16.7 Å². The first-order chi connectivity index (χ1) is 11.2. The Morgan fingerprint density at radius 2 is 2.00 bits per heavy atom. The minimum Gasteiger partial charge on any atom is -0.367 e. The second-order valence-corrected chi connectivity index (χ2v) is 5.88. The Balaban J connectivity index is 1.47. The average molecular weight is 313 g/mol. The van der Waals surface area contributed by atoms with Gasteiger partial charge in [-0.2, -0.15) is 5.10 Å². The Hall–Kier alpha value is -2.61. The number of aryl methyl sites for hydroxylation is 1. The Labute approximate surface area is 132 Å². The van der Waals surface area contributed by atoms with Crippen molar-refractivity contribution in [3.8, 4) is 0 Å².